The number of amides is 1. The lowest BCUT2D eigenvalue weighted by atomic mass is 9.85. The summed E-state index contributed by atoms with van der Waals surface area (Å²) in [4.78, 5) is 26.2. The van der Waals surface area contributed by atoms with Crippen LogP contribution in [0.1, 0.15) is 31.5 Å². The molecule has 1 aliphatic carbocycles. The molecule has 3 heterocycles. The van der Waals surface area contributed by atoms with Gasteiger partial charge in [-0.3, -0.25) is 9.48 Å². The van der Waals surface area contributed by atoms with E-state index in [9.17, 15) is 4.79 Å². The van der Waals surface area contributed by atoms with Crippen LogP contribution in [0.25, 0.3) is 11.0 Å². The Labute approximate surface area is 153 Å². The van der Waals surface area contributed by atoms with Crippen molar-refractivity contribution in [1.82, 2.24) is 24.6 Å². The smallest absolute Gasteiger partial charge is 0.225 e. The summed E-state index contributed by atoms with van der Waals surface area (Å²) in [6.07, 6.45) is 5.75. The number of nitrogens with two attached hydrogens (primary N) is 1. The summed E-state index contributed by atoms with van der Waals surface area (Å²) in [5, 5.41) is 5.28. The van der Waals surface area contributed by atoms with Gasteiger partial charge in [-0.15, -0.1) is 0 Å². The molecule has 0 bridgehead atoms. The first-order valence-corrected chi connectivity index (χ1v) is 9.48. The number of piperazine rings is 1. The zero-order chi connectivity index (χ0) is 18.3. The molecule has 140 valence electrons. The molecule has 8 heteroatoms. The molecule has 0 radical (unpaired) electrons. The summed E-state index contributed by atoms with van der Waals surface area (Å²) in [5.74, 6) is 2.06. The van der Waals surface area contributed by atoms with E-state index in [-0.39, 0.29) is 17.9 Å². The van der Waals surface area contributed by atoms with Crippen molar-refractivity contribution in [3.05, 3.63) is 12.0 Å². The number of fused-ring (bicyclic) bond motifs is 1. The van der Waals surface area contributed by atoms with Crippen molar-refractivity contribution in [2.75, 3.05) is 31.1 Å². The average molecular weight is 357 g/mol. The largest absolute Gasteiger partial charge is 0.352 e. The minimum Gasteiger partial charge on any atom is -0.352 e. The van der Waals surface area contributed by atoms with Gasteiger partial charge in [0, 0.05) is 45.2 Å². The van der Waals surface area contributed by atoms with E-state index in [1.54, 1.807) is 4.68 Å². The van der Waals surface area contributed by atoms with E-state index in [0.29, 0.717) is 0 Å². The molecule has 2 fully saturated rings. The molecule has 0 spiro atoms. The number of carbonyl (C=O) groups excluding carboxylic acids is 1. The summed E-state index contributed by atoms with van der Waals surface area (Å²) in [7, 11) is 1.89. The molecule has 1 saturated heterocycles. The third-order valence-electron chi connectivity index (χ3n) is 5.64. The molecule has 0 unspecified atom stereocenters. The van der Waals surface area contributed by atoms with Crippen molar-refractivity contribution < 1.29 is 4.79 Å². The lowest BCUT2D eigenvalue weighted by Crippen LogP contribution is -2.51. The second kappa shape index (κ2) is 6.83. The normalized spacial score (nSPS) is 24.3. The molecule has 1 aliphatic heterocycles. The van der Waals surface area contributed by atoms with E-state index >= 15 is 0 Å². The van der Waals surface area contributed by atoms with Crippen molar-refractivity contribution in [3.63, 3.8) is 0 Å². The molecular weight excluding hydrogens is 330 g/mol. The molecular formula is C18H27N7O. The lowest BCUT2D eigenvalue weighted by Gasteiger charge is -2.38. The fraction of sp³-hybridized carbons (Fsp3) is 0.667. The maximum Gasteiger partial charge on any atom is 0.225 e. The fourth-order valence-corrected chi connectivity index (χ4v) is 4.20. The maximum atomic E-state index is 12.8. The molecule has 1 saturated carbocycles. The van der Waals surface area contributed by atoms with Gasteiger partial charge in [-0.05, 0) is 26.2 Å². The first kappa shape index (κ1) is 17.2. The molecule has 2 aliphatic rings. The summed E-state index contributed by atoms with van der Waals surface area (Å²) in [5.41, 5.74) is 6.91. The Bertz CT molecular complexity index is 809. The molecule has 8 nitrogen and oxygen atoms in total. The van der Waals surface area contributed by atoms with E-state index < -0.39 is 0 Å². The Hall–Kier alpha value is -2.22. The highest BCUT2D eigenvalue weighted by molar-refractivity contribution is 5.87. The molecule has 2 atom stereocenters. The monoisotopic (exact) mass is 357 g/mol. The highest BCUT2D eigenvalue weighted by atomic mass is 16.2. The molecule has 2 aromatic rings. The zero-order valence-electron chi connectivity index (χ0n) is 15.6. The van der Waals surface area contributed by atoms with Gasteiger partial charge in [-0.25, -0.2) is 9.97 Å². The van der Waals surface area contributed by atoms with Crippen LogP contribution in [-0.2, 0) is 11.8 Å². The van der Waals surface area contributed by atoms with Gasteiger partial charge in [-0.2, -0.15) is 5.10 Å². The van der Waals surface area contributed by atoms with Gasteiger partial charge in [0.2, 0.25) is 5.91 Å². The van der Waals surface area contributed by atoms with Crippen LogP contribution in [0.4, 0.5) is 5.82 Å². The minimum absolute atomic E-state index is 0.108. The Morgan fingerprint density at radius 1 is 1.19 bits per heavy atom. The Balaban J connectivity index is 1.46. The number of aryl methyl sites for hydroxylation is 2. The fourth-order valence-electron chi connectivity index (χ4n) is 4.20. The van der Waals surface area contributed by atoms with Gasteiger partial charge in [0.25, 0.3) is 0 Å². The van der Waals surface area contributed by atoms with Crippen molar-refractivity contribution >= 4 is 22.8 Å². The second-order valence-electron chi connectivity index (χ2n) is 7.54. The summed E-state index contributed by atoms with van der Waals surface area (Å²) in [6.45, 7) is 4.93. The van der Waals surface area contributed by atoms with Crippen LogP contribution in [0.3, 0.4) is 0 Å². The van der Waals surface area contributed by atoms with E-state index in [4.69, 9.17) is 5.73 Å². The summed E-state index contributed by atoms with van der Waals surface area (Å²) in [6, 6.07) is 0.182. The van der Waals surface area contributed by atoms with Gasteiger partial charge < -0.3 is 15.5 Å². The van der Waals surface area contributed by atoms with Crippen molar-refractivity contribution in [3.8, 4) is 0 Å². The Kier molecular flexibility index (Phi) is 4.52. The predicted molar refractivity (Wildman–Crippen MR) is 99.8 cm³/mol. The van der Waals surface area contributed by atoms with Gasteiger partial charge in [0.05, 0.1) is 11.6 Å². The van der Waals surface area contributed by atoms with Gasteiger partial charge in [0.1, 0.15) is 11.6 Å². The topological polar surface area (TPSA) is 93.2 Å². The quantitative estimate of drug-likeness (QED) is 0.856. The van der Waals surface area contributed by atoms with Crippen molar-refractivity contribution in [2.45, 2.75) is 38.6 Å². The molecule has 26 heavy (non-hydrogen) atoms. The SMILES string of the molecule is Cc1nc(N2CCN(C(=O)[C@H]3CCC[C@@H](N)C3)CC2)c2cnn(C)c2n1. The van der Waals surface area contributed by atoms with Crippen LogP contribution in [0.2, 0.25) is 0 Å². The number of hydrogen-bond donors (Lipinski definition) is 1. The standard InChI is InChI=1S/C18H27N7O/c1-12-21-16-15(11-20-23(16)2)17(22-12)24-6-8-25(9-7-24)18(26)13-4-3-5-14(19)10-13/h11,13-14H,3-10,19H2,1-2H3/t13-,14+/m0/s1. The molecule has 1 amide bonds. The molecule has 4 rings (SSSR count). The summed E-state index contributed by atoms with van der Waals surface area (Å²) >= 11 is 0. The third kappa shape index (κ3) is 3.13. The highest BCUT2D eigenvalue weighted by Gasteiger charge is 2.31. The van der Waals surface area contributed by atoms with Crippen LogP contribution >= 0.6 is 0 Å². The maximum absolute atomic E-state index is 12.8. The predicted octanol–water partition coefficient (Wildman–Crippen LogP) is 0.838. The van der Waals surface area contributed by atoms with Crippen LogP contribution in [-0.4, -0.2) is 62.8 Å². The molecule has 2 N–H and O–H groups in total. The molecule has 2 aromatic heterocycles. The number of carbonyl (C=O) groups is 1. The number of nitrogens with zero attached hydrogens (tertiary/aromatic N) is 6. The van der Waals surface area contributed by atoms with Gasteiger partial charge >= 0.3 is 0 Å². The van der Waals surface area contributed by atoms with Gasteiger partial charge in [0.15, 0.2) is 5.65 Å². The summed E-state index contributed by atoms with van der Waals surface area (Å²) < 4.78 is 1.78. The van der Waals surface area contributed by atoms with Crippen LogP contribution < -0.4 is 10.6 Å². The highest BCUT2D eigenvalue weighted by Crippen LogP contribution is 2.27. The van der Waals surface area contributed by atoms with E-state index in [1.165, 1.54) is 0 Å². The van der Waals surface area contributed by atoms with Crippen molar-refractivity contribution in [2.24, 2.45) is 18.7 Å². The first-order valence-electron chi connectivity index (χ1n) is 9.48. The number of aromatic nitrogens is 4. The minimum atomic E-state index is 0.108. The van der Waals surface area contributed by atoms with Crippen LogP contribution in [0.5, 0.6) is 0 Å². The Morgan fingerprint density at radius 2 is 1.96 bits per heavy atom. The second-order valence-corrected chi connectivity index (χ2v) is 7.54. The number of hydrogen-bond acceptors (Lipinski definition) is 6. The van der Waals surface area contributed by atoms with Crippen molar-refractivity contribution in [1.29, 1.82) is 0 Å². The zero-order valence-corrected chi connectivity index (χ0v) is 15.6. The van der Waals surface area contributed by atoms with E-state index in [1.807, 2.05) is 25.1 Å². The van der Waals surface area contributed by atoms with E-state index in [2.05, 4.69) is 20.0 Å². The van der Waals surface area contributed by atoms with Crippen LogP contribution in [0.15, 0.2) is 6.20 Å². The lowest BCUT2D eigenvalue weighted by molar-refractivity contribution is -0.137. The third-order valence-corrected chi connectivity index (χ3v) is 5.64. The first-order chi connectivity index (χ1) is 12.5. The molecule has 0 aromatic carbocycles. The van der Waals surface area contributed by atoms with Gasteiger partial charge in [-0.1, -0.05) is 6.42 Å². The van der Waals surface area contributed by atoms with Crippen LogP contribution in [0, 0.1) is 12.8 Å². The number of anilines is 1. The number of rotatable bonds is 2. The van der Waals surface area contributed by atoms with E-state index in [0.717, 1.165) is 74.5 Å². The average Bonchev–Trinajstić information content (AvgIpc) is 3.01. The Morgan fingerprint density at radius 3 is 2.69 bits per heavy atom.